The Morgan fingerprint density at radius 1 is 1.19 bits per heavy atom. The van der Waals surface area contributed by atoms with Crippen LogP contribution in [0.2, 0.25) is 0 Å². The van der Waals surface area contributed by atoms with Gasteiger partial charge in [-0.2, -0.15) is 4.98 Å². The summed E-state index contributed by atoms with van der Waals surface area (Å²) in [6, 6.07) is 8.92. The molecule has 0 radical (unpaired) electrons. The van der Waals surface area contributed by atoms with E-state index in [-0.39, 0.29) is 30.0 Å². The molecule has 2 aromatic rings. The Labute approximate surface area is 173 Å². The largest absolute Gasteiger partial charge is 0.357 e. The molecule has 144 valence electrons. The first-order valence-corrected chi connectivity index (χ1v) is 8.90. The molecule has 0 aliphatic carbocycles. The highest BCUT2D eigenvalue weighted by molar-refractivity contribution is 14.0. The molecule has 2 N–H and O–H groups in total. The fourth-order valence-electron chi connectivity index (χ4n) is 2.57. The zero-order valence-corrected chi connectivity index (χ0v) is 18.6. The SMILES string of the molecule is CCNC(=NCc1nc(C)no1)NC(C)c1ccc(CC(C)C)cc1.I. The third kappa shape index (κ3) is 7.31. The third-order valence-corrected chi connectivity index (χ3v) is 3.76. The summed E-state index contributed by atoms with van der Waals surface area (Å²) < 4.78 is 5.10. The van der Waals surface area contributed by atoms with Crippen molar-refractivity contribution in [3.8, 4) is 0 Å². The second kappa shape index (κ2) is 11.2. The van der Waals surface area contributed by atoms with Crippen molar-refractivity contribution in [2.24, 2.45) is 10.9 Å². The Morgan fingerprint density at radius 2 is 1.88 bits per heavy atom. The highest BCUT2D eigenvalue weighted by Crippen LogP contribution is 2.15. The lowest BCUT2D eigenvalue weighted by Crippen LogP contribution is -2.38. The summed E-state index contributed by atoms with van der Waals surface area (Å²) in [5.74, 6) is 2.54. The van der Waals surface area contributed by atoms with E-state index in [1.54, 1.807) is 6.92 Å². The van der Waals surface area contributed by atoms with E-state index in [4.69, 9.17) is 4.52 Å². The maximum absolute atomic E-state index is 5.10. The molecule has 1 aromatic carbocycles. The van der Waals surface area contributed by atoms with Gasteiger partial charge in [-0.1, -0.05) is 43.3 Å². The molecule has 6 nitrogen and oxygen atoms in total. The second-order valence-corrected chi connectivity index (χ2v) is 6.64. The van der Waals surface area contributed by atoms with Gasteiger partial charge >= 0.3 is 0 Å². The molecule has 1 unspecified atom stereocenters. The second-order valence-electron chi connectivity index (χ2n) is 6.64. The van der Waals surface area contributed by atoms with Gasteiger partial charge in [0.25, 0.3) is 0 Å². The summed E-state index contributed by atoms with van der Waals surface area (Å²) in [7, 11) is 0. The van der Waals surface area contributed by atoms with Crippen molar-refractivity contribution in [3.05, 3.63) is 47.1 Å². The van der Waals surface area contributed by atoms with Crippen LogP contribution in [0.15, 0.2) is 33.8 Å². The highest BCUT2D eigenvalue weighted by Gasteiger charge is 2.09. The van der Waals surface area contributed by atoms with Crippen LogP contribution in [0.3, 0.4) is 0 Å². The van der Waals surface area contributed by atoms with Gasteiger partial charge < -0.3 is 15.2 Å². The van der Waals surface area contributed by atoms with Gasteiger partial charge in [0.05, 0.1) is 6.04 Å². The van der Waals surface area contributed by atoms with Gasteiger partial charge in [-0.15, -0.1) is 24.0 Å². The van der Waals surface area contributed by atoms with Gasteiger partial charge in [0.1, 0.15) is 6.54 Å². The molecule has 0 bridgehead atoms. The fraction of sp³-hybridized carbons (Fsp3) is 0.526. The van der Waals surface area contributed by atoms with Crippen molar-refractivity contribution < 1.29 is 4.52 Å². The molecule has 2 rings (SSSR count). The number of aromatic nitrogens is 2. The van der Waals surface area contributed by atoms with Crippen LogP contribution in [0, 0.1) is 12.8 Å². The summed E-state index contributed by atoms with van der Waals surface area (Å²) in [4.78, 5) is 8.69. The molecule has 0 spiro atoms. The Balaban J connectivity index is 0.00000338. The third-order valence-electron chi connectivity index (χ3n) is 3.76. The maximum Gasteiger partial charge on any atom is 0.248 e. The summed E-state index contributed by atoms with van der Waals surface area (Å²) in [5.41, 5.74) is 2.60. The first kappa shape index (κ1) is 22.4. The lowest BCUT2D eigenvalue weighted by atomic mass is 10.00. The van der Waals surface area contributed by atoms with Crippen molar-refractivity contribution in [2.45, 2.75) is 53.6 Å². The molecule has 0 fully saturated rings. The van der Waals surface area contributed by atoms with Crippen LogP contribution in [-0.2, 0) is 13.0 Å². The van der Waals surface area contributed by atoms with E-state index >= 15 is 0 Å². The Morgan fingerprint density at radius 3 is 2.42 bits per heavy atom. The number of guanidine groups is 1. The number of aliphatic imine (C=N–C) groups is 1. The van der Waals surface area contributed by atoms with Crippen LogP contribution < -0.4 is 10.6 Å². The minimum absolute atomic E-state index is 0. The van der Waals surface area contributed by atoms with Crippen LogP contribution in [-0.4, -0.2) is 22.6 Å². The number of aryl methyl sites for hydroxylation is 1. The maximum atomic E-state index is 5.10. The van der Waals surface area contributed by atoms with E-state index in [1.165, 1.54) is 11.1 Å². The van der Waals surface area contributed by atoms with Gasteiger partial charge in [0.15, 0.2) is 11.8 Å². The number of hydrogen-bond acceptors (Lipinski definition) is 4. The molecule has 1 atom stereocenters. The molecule has 7 heteroatoms. The first-order chi connectivity index (χ1) is 12.0. The van der Waals surface area contributed by atoms with E-state index in [0.717, 1.165) is 18.9 Å². The number of halogens is 1. The monoisotopic (exact) mass is 471 g/mol. The molecule has 0 aliphatic rings. The number of rotatable bonds is 7. The average Bonchev–Trinajstić information content (AvgIpc) is 2.98. The summed E-state index contributed by atoms with van der Waals surface area (Å²) in [6.07, 6.45) is 1.11. The molecular formula is C19H30IN5O. The fourth-order valence-corrected chi connectivity index (χ4v) is 2.57. The number of benzene rings is 1. The van der Waals surface area contributed by atoms with Gasteiger partial charge in [0, 0.05) is 6.54 Å². The first-order valence-electron chi connectivity index (χ1n) is 8.90. The predicted octanol–water partition coefficient (Wildman–Crippen LogP) is 4.01. The molecule has 1 heterocycles. The number of nitrogens with zero attached hydrogens (tertiary/aromatic N) is 3. The number of hydrogen-bond donors (Lipinski definition) is 2. The van der Waals surface area contributed by atoms with Crippen molar-refractivity contribution in [3.63, 3.8) is 0 Å². The summed E-state index contributed by atoms with van der Waals surface area (Å²) in [5, 5.41) is 10.4. The topological polar surface area (TPSA) is 75.3 Å². The normalized spacial score (nSPS) is 12.6. The summed E-state index contributed by atoms with van der Waals surface area (Å²) in [6.45, 7) is 11.6. The molecule has 26 heavy (non-hydrogen) atoms. The Hall–Kier alpha value is -1.64. The molecular weight excluding hydrogens is 441 g/mol. The van der Waals surface area contributed by atoms with Gasteiger partial charge in [0.2, 0.25) is 5.89 Å². The van der Waals surface area contributed by atoms with E-state index in [0.29, 0.717) is 24.2 Å². The molecule has 0 amide bonds. The molecule has 1 aromatic heterocycles. The zero-order valence-electron chi connectivity index (χ0n) is 16.2. The Kier molecular flexibility index (Phi) is 9.61. The van der Waals surface area contributed by atoms with E-state index in [2.05, 4.69) is 70.8 Å². The minimum Gasteiger partial charge on any atom is -0.357 e. The standard InChI is InChI=1S/C19H29N5O.HI/c1-6-20-19(21-12-18-23-15(5)24-25-18)22-14(4)17-9-7-16(8-10-17)11-13(2)3;/h7-10,13-14H,6,11-12H2,1-5H3,(H2,20,21,22);1H. The smallest absolute Gasteiger partial charge is 0.248 e. The van der Waals surface area contributed by atoms with Crippen LogP contribution in [0.1, 0.15) is 56.6 Å². The average molecular weight is 471 g/mol. The predicted molar refractivity (Wildman–Crippen MR) is 116 cm³/mol. The van der Waals surface area contributed by atoms with Crippen LogP contribution >= 0.6 is 24.0 Å². The minimum atomic E-state index is 0. The quantitative estimate of drug-likeness (QED) is 0.363. The summed E-state index contributed by atoms with van der Waals surface area (Å²) >= 11 is 0. The lowest BCUT2D eigenvalue weighted by Gasteiger charge is -2.18. The highest BCUT2D eigenvalue weighted by atomic mass is 127. The molecule has 0 aliphatic heterocycles. The van der Waals surface area contributed by atoms with Gasteiger partial charge in [-0.25, -0.2) is 4.99 Å². The van der Waals surface area contributed by atoms with Crippen molar-refractivity contribution in [1.82, 2.24) is 20.8 Å². The van der Waals surface area contributed by atoms with Crippen molar-refractivity contribution in [2.75, 3.05) is 6.54 Å². The van der Waals surface area contributed by atoms with E-state index in [1.807, 2.05) is 6.92 Å². The Bertz CT molecular complexity index is 681. The zero-order chi connectivity index (χ0) is 18.2. The van der Waals surface area contributed by atoms with Crippen LogP contribution in [0.5, 0.6) is 0 Å². The molecule has 0 saturated carbocycles. The lowest BCUT2D eigenvalue weighted by molar-refractivity contribution is 0.376. The van der Waals surface area contributed by atoms with E-state index < -0.39 is 0 Å². The van der Waals surface area contributed by atoms with Crippen molar-refractivity contribution in [1.29, 1.82) is 0 Å². The van der Waals surface area contributed by atoms with Gasteiger partial charge in [-0.3, -0.25) is 0 Å². The van der Waals surface area contributed by atoms with E-state index in [9.17, 15) is 0 Å². The van der Waals surface area contributed by atoms with Crippen molar-refractivity contribution >= 4 is 29.9 Å². The molecule has 0 saturated heterocycles. The van der Waals surface area contributed by atoms with Gasteiger partial charge in [-0.05, 0) is 44.2 Å². The van der Waals surface area contributed by atoms with Crippen LogP contribution in [0.4, 0.5) is 0 Å². The van der Waals surface area contributed by atoms with Crippen LogP contribution in [0.25, 0.3) is 0 Å². The number of nitrogens with one attached hydrogen (secondary N) is 2.